The van der Waals surface area contributed by atoms with Crippen molar-refractivity contribution in [1.82, 2.24) is 10.6 Å². The molecule has 7 heteroatoms. The van der Waals surface area contributed by atoms with E-state index in [0.29, 0.717) is 13.2 Å². The van der Waals surface area contributed by atoms with Crippen LogP contribution in [0.25, 0.3) is 0 Å². The summed E-state index contributed by atoms with van der Waals surface area (Å²) >= 11 is 0. The van der Waals surface area contributed by atoms with Gasteiger partial charge in [0.15, 0.2) is 5.96 Å². The number of halogens is 1. The monoisotopic (exact) mass is 503 g/mol. The van der Waals surface area contributed by atoms with Crippen LogP contribution in [0.4, 0.5) is 0 Å². The van der Waals surface area contributed by atoms with Gasteiger partial charge >= 0.3 is 0 Å². The molecule has 0 saturated heterocycles. The van der Waals surface area contributed by atoms with E-state index in [2.05, 4.69) is 39.9 Å². The zero-order chi connectivity index (χ0) is 19.0. The molecule has 1 aromatic carbocycles. The van der Waals surface area contributed by atoms with Crippen LogP contribution in [0.3, 0.4) is 0 Å². The highest BCUT2D eigenvalue weighted by molar-refractivity contribution is 14.0. The lowest BCUT2D eigenvalue weighted by molar-refractivity contribution is 0.0396. The fraction of sp³-hybridized carbons (Fsp3) is 0.667. The molecule has 1 heterocycles. The fourth-order valence-corrected chi connectivity index (χ4v) is 4.06. The SMILES string of the molecule is CN=C(NCCCOCCOC)NC1CC2(CCCC2)Oc2ccccc21.I. The summed E-state index contributed by atoms with van der Waals surface area (Å²) in [7, 11) is 3.51. The third-order valence-electron chi connectivity index (χ3n) is 5.44. The van der Waals surface area contributed by atoms with Gasteiger partial charge < -0.3 is 24.8 Å². The highest BCUT2D eigenvalue weighted by Gasteiger charge is 2.43. The molecule has 2 N–H and O–H groups in total. The van der Waals surface area contributed by atoms with Gasteiger partial charge in [0.2, 0.25) is 0 Å². The molecule has 1 spiro atoms. The van der Waals surface area contributed by atoms with E-state index < -0.39 is 0 Å². The van der Waals surface area contributed by atoms with Gasteiger partial charge in [-0.05, 0) is 38.2 Å². The van der Waals surface area contributed by atoms with Gasteiger partial charge in [0, 0.05) is 39.3 Å². The molecular weight excluding hydrogens is 469 g/mol. The van der Waals surface area contributed by atoms with Crippen LogP contribution in [-0.2, 0) is 9.47 Å². The van der Waals surface area contributed by atoms with Gasteiger partial charge in [-0.2, -0.15) is 0 Å². The van der Waals surface area contributed by atoms with Gasteiger partial charge in [0.25, 0.3) is 0 Å². The Morgan fingerprint density at radius 1 is 1.21 bits per heavy atom. The first-order chi connectivity index (χ1) is 13.3. The van der Waals surface area contributed by atoms with Crippen molar-refractivity contribution in [3.8, 4) is 5.75 Å². The molecule has 1 aliphatic carbocycles. The highest BCUT2D eigenvalue weighted by Crippen LogP contribution is 2.46. The van der Waals surface area contributed by atoms with E-state index in [4.69, 9.17) is 14.2 Å². The molecular formula is C21H34IN3O3. The van der Waals surface area contributed by atoms with Crippen LogP contribution in [0.15, 0.2) is 29.3 Å². The number of rotatable bonds is 8. The molecule has 0 radical (unpaired) electrons. The second kappa shape index (κ2) is 11.8. The minimum atomic E-state index is -0.0138. The van der Waals surface area contributed by atoms with Crippen molar-refractivity contribution < 1.29 is 14.2 Å². The van der Waals surface area contributed by atoms with E-state index in [-0.39, 0.29) is 35.6 Å². The predicted octanol–water partition coefficient (Wildman–Crippen LogP) is 3.66. The van der Waals surface area contributed by atoms with Gasteiger partial charge in [-0.15, -0.1) is 24.0 Å². The summed E-state index contributed by atoms with van der Waals surface area (Å²) in [5.74, 6) is 1.85. The summed E-state index contributed by atoms with van der Waals surface area (Å²) < 4.78 is 16.9. The molecule has 0 amide bonds. The van der Waals surface area contributed by atoms with Crippen LogP contribution in [-0.4, -0.2) is 52.1 Å². The third-order valence-corrected chi connectivity index (χ3v) is 5.44. The Labute approximate surface area is 185 Å². The lowest BCUT2D eigenvalue weighted by atomic mass is 9.86. The average Bonchev–Trinajstić information content (AvgIpc) is 3.13. The standard InChI is InChI=1S/C21H33N3O3.HI/c1-22-20(23-12-7-13-26-15-14-25-2)24-18-16-21(10-5-6-11-21)27-19-9-4-3-8-17(18)19;/h3-4,8-9,18H,5-7,10-16H2,1-2H3,(H2,22,23,24);1H. The van der Waals surface area contributed by atoms with E-state index in [9.17, 15) is 0 Å². The van der Waals surface area contributed by atoms with Crippen LogP contribution in [0, 0.1) is 0 Å². The largest absolute Gasteiger partial charge is 0.487 e. The molecule has 2 aliphatic rings. The number of hydrogen-bond donors (Lipinski definition) is 2. The number of guanidine groups is 1. The molecule has 1 aliphatic heterocycles. The maximum atomic E-state index is 6.44. The van der Waals surface area contributed by atoms with E-state index in [1.807, 2.05) is 7.05 Å². The summed E-state index contributed by atoms with van der Waals surface area (Å²) in [6, 6.07) is 8.61. The molecule has 1 unspecified atom stereocenters. The number of nitrogens with one attached hydrogen (secondary N) is 2. The number of benzene rings is 1. The van der Waals surface area contributed by atoms with Crippen LogP contribution in [0.1, 0.15) is 50.1 Å². The Hall–Kier alpha value is -1.06. The average molecular weight is 503 g/mol. The molecule has 1 fully saturated rings. The predicted molar refractivity (Wildman–Crippen MR) is 123 cm³/mol. The zero-order valence-corrected chi connectivity index (χ0v) is 19.4. The van der Waals surface area contributed by atoms with Crippen molar-refractivity contribution in [3.63, 3.8) is 0 Å². The number of nitrogens with zero attached hydrogens (tertiary/aromatic N) is 1. The summed E-state index contributed by atoms with van der Waals surface area (Å²) in [6.45, 7) is 2.82. The maximum absolute atomic E-state index is 6.44. The van der Waals surface area contributed by atoms with E-state index in [1.54, 1.807) is 7.11 Å². The van der Waals surface area contributed by atoms with Crippen LogP contribution in [0.2, 0.25) is 0 Å². The van der Waals surface area contributed by atoms with E-state index >= 15 is 0 Å². The summed E-state index contributed by atoms with van der Waals surface area (Å²) in [6.07, 6.45) is 6.72. The molecule has 0 bridgehead atoms. The molecule has 28 heavy (non-hydrogen) atoms. The molecule has 158 valence electrons. The van der Waals surface area contributed by atoms with Gasteiger partial charge in [0.1, 0.15) is 11.4 Å². The Bertz CT molecular complexity index is 621. The fourth-order valence-electron chi connectivity index (χ4n) is 4.06. The number of methoxy groups -OCH3 is 1. The number of fused-ring (bicyclic) bond motifs is 1. The normalized spacial score (nSPS) is 20.2. The summed E-state index contributed by atoms with van der Waals surface area (Å²) in [5.41, 5.74) is 1.21. The lowest BCUT2D eigenvalue weighted by Crippen LogP contribution is -2.46. The lowest BCUT2D eigenvalue weighted by Gasteiger charge is -2.40. The molecule has 1 saturated carbocycles. The molecule has 3 rings (SSSR count). The minimum Gasteiger partial charge on any atom is -0.487 e. The van der Waals surface area contributed by atoms with Crippen LogP contribution in [0.5, 0.6) is 5.75 Å². The van der Waals surface area contributed by atoms with Crippen LogP contribution >= 0.6 is 24.0 Å². The quantitative estimate of drug-likeness (QED) is 0.246. The van der Waals surface area contributed by atoms with Crippen molar-refractivity contribution in [3.05, 3.63) is 29.8 Å². The molecule has 1 atom stereocenters. The van der Waals surface area contributed by atoms with Crippen molar-refractivity contribution >= 4 is 29.9 Å². The third kappa shape index (κ3) is 6.22. The van der Waals surface area contributed by atoms with Crippen molar-refractivity contribution in [2.45, 2.75) is 50.2 Å². The van der Waals surface area contributed by atoms with Gasteiger partial charge in [-0.3, -0.25) is 4.99 Å². The Kier molecular flexibility index (Phi) is 9.81. The first-order valence-electron chi connectivity index (χ1n) is 10.1. The summed E-state index contributed by atoms with van der Waals surface area (Å²) in [4.78, 5) is 4.41. The number of hydrogen-bond acceptors (Lipinski definition) is 4. The van der Waals surface area contributed by atoms with Gasteiger partial charge in [0.05, 0.1) is 19.3 Å². The molecule has 1 aromatic rings. The van der Waals surface area contributed by atoms with Crippen molar-refractivity contribution in [2.75, 3.05) is 40.5 Å². The van der Waals surface area contributed by atoms with E-state index in [1.165, 1.54) is 18.4 Å². The number of ether oxygens (including phenoxy) is 3. The second-order valence-electron chi connectivity index (χ2n) is 7.39. The summed E-state index contributed by atoms with van der Waals surface area (Å²) in [5, 5.41) is 7.03. The Morgan fingerprint density at radius 3 is 2.75 bits per heavy atom. The number of aliphatic imine (C=N–C) groups is 1. The molecule has 6 nitrogen and oxygen atoms in total. The van der Waals surface area contributed by atoms with Gasteiger partial charge in [-0.25, -0.2) is 0 Å². The zero-order valence-electron chi connectivity index (χ0n) is 17.0. The Morgan fingerprint density at radius 2 is 2.00 bits per heavy atom. The second-order valence-corrected chi connectivity index (χ2v) is 7.39. The van der Waals surface area contributed by atoms with Gasteiger partial charge in [-0.1, -0.05) is 18.2 Å². The Balaban J connectivity index is 0.00000280. The minimum absolute atomic E-state index is 0. The topological polar surface area (TPSA) is 64.1 Å². The smallest absolute Gasteiger partial charge is 0.191 e. The molecule has 0 aromatic heterocycles. The first-order valence-corrected chi connectivity index (χ1v) is 10.1. The van der Waals surface area contributed by atoms with E-state index in [0.717, 1.165) is 50.5 Å². The highest BCUT2D eigenvalue weighted by atomic mass is 127. The maximum Gasteiger partial charge on any atom is 0.191 e. The number of para-hydroxylation sites is 1. The van der Waals surface area contributed by atoms with Crippen molar-refractivity contribution in [1.29, 1.82) is 0 Å². The first kappa shape index (κ1) is 23.2. The van der Waals surface area contributed by atoms with Crippen LogP contribution < -0.4 is 15.4 Å². The van der Waals surface area contributed by atoms with Crippen molar-refractivity contribution in [2.24, 2.45) is 4.99 Å².